The summed E-state index contributed by atoms with van der Waals surface area (Å²) in [6.07, 6.45) is 4.61. The van der Waals surface area contributed by atoms with Crippen LogP contribution in [-0.4, -0.2) is 17.8 Å². The highest BCUT2D eigenvalue weighted by atomic mass is 35.5. The van der Waals surface area contributed by atoms with E-state index in [4.69, 9.17) is 11.6 Å². The smallest absolute Gasteiger partial charge is 0.227 e. The molecule has 6 nitrogen and oxygen atoms in total. The second-order valence-corrected chi connectivity index (χ2v) is 6.35. The predicted octanol–water partition coefficient (Wildman–Crippen LogP) is 2.33. The lowest BCUT2D eigenvalue weighted by Gasteiger charge is -2.21. The number of anilines is 2. The Labute approximate surface area is 145 Å². The van der Waals surface area contributed by atoms with Crippen LogP contribution in [0.1, 0.15) is 44.9 Å². The molecule has 0 aliphatic heterocycles. The molecule has 2 N–H and O–H groups in total. The van der Waals surface area contributed by atoms with E-state index < -0.39 is 11.9 Å². The second-order valence-electron chi connectivity index (χ2n) is 5.94. The van der Waals surface area contributed by atoms with Crippen LogP contribution in [0.5, 0.6) is 0 Å². The first-order valence-electron chi connectivity index (χ1n) is 8.06. The molecule has 0 aromatic heterocycles. The Balaban J connectivity index is 1.92. The van der Waals surface area contributed by atoms with Crippen molar-refractivity contribution in [2.75, 3.05) is 10.6 Å². The number of carbonyl (C=O) groups is 3. The van der Waals surface area contributed by atoms with Crippen molar-refractivity contribution in [3.8, 4) is 0 Å². The summed E-state index contributed by atoms with van der Waals surface area (Å²) in [4.78, 5) is 34.1. The molecule has 1 aliphatic carbocycles. The molecule has 1 saturated carbocycles. The van der Waals surface area contributed by atoms with Gasteiger partial charge < -0.3 is 20.5 Å². The number of carboxylic acids is 1. The van der Waals surface area contributed by atoms with Gasteiger partial charge in [-0.15, -0.1) is 0 Å². The maximum Gasteiger partial charge on any atom is 0.227 e. The van der Waals surface area contributed by atoms with Gasteiger partial charge in [-0.3, -0.25) is 9.59 Å². The highest BCUT2D eigenvalue weighted by Crippen LogP contribution is 2.29. The van der Waals surface area contributed by atoms with E-state index in [2.05, 4.69) is 10.6 Å². The number of carbonyl (C=O) groups excluding carboxylic acids is 3. The molecule has 7 heteroatoms. The SMILES string of the molecule is O=C([O-])CCC(=O)Nc1ccc(NC(=O)C2CCCCC2)c(Cl)c1. The first-order chi connectivity index (χ1) is 11.5. The average molecular weight is 352 g/mol. The van der Waals surface area contributed by atoms with Crippen molar-refractivity contribution < 1.29 is 19.5 Å². The minimum Gasteiger partial charge on any atom is -0.550 e. The van der Waals surface area contributed by atoms with Crippen LogP contribution in [0.15, 0.2) is 18.2 Å². The van der Waals surface area contributed by atoms with Crippen LogP contribution >= 0.6 is 11.6 Å². The van der Waals surface area contributed by atoms with Gasteiger partial charge in [-0.1, -0.05) is 30.9 Å². The Kier molecular flexibility index (Phi) is 6.61. The van der Waals surface area contributed by atoms with Gasteiger partial charge in [0.2, 0.25) is 11.8 Å². The van der Waals surface area contributed by atoms with Crippen molar-refractivity contribution >= 4 is 40.8 Å². The van der Waals surface area contributed by atoms with Crippen LogP contribution in [0.2, 0.25) is 5.02 Å². The van der Waals surface area contributed by atoms with Crippen molar-refractivity contribution in [2.45, 2.75) is 44.9 Å². The van der Waals surface area contributed by atoms with Gasteiger partial charge in [0, 0.05) is 24.0 Å². The summed E-state index contributed by atoms with van der Waals surface area (Å²) >= 11 is 6.15. The van der Waals surface area contributed by atoms with Crippen molar-refractivity contribution in [2.24, 2.45) is 5.92 Å². The van der Waals surface area contributed by atoms with Gasteiger partial charge in [-0.25, -0.2) is 0 Å². The van der Waals surface area contributed by atoms with Gasteiger partial charge in [0.1, 0.15) is 0 Å². The molecule has 1 aliphatic rings. The molecule has 1 aromatic rings. The monoisotopic (exact) mass is 351 g/mol. The normalized spacial score (nSPS) is 14.9. The Morgan fingerprint density at radius 2 is 1.79 bits per heavy atom. The van der Waals surface area contributed by atoms with Crippen LogP contribution in [0.4, 0.5) is 11.4 Å². The molecule has 0 radical (unpaired) electrons. The fourth-order valence-electron chi connectivity index (χ4n) is 2.73. The third kappa shape index (κ3) is 5.53. The zero-order valence-corrected chi connectivity index (χ0v) is 14.0. The molecular weight excluding hydrogens is 332 g/mol. The lowest BCUT2D eigenvalue weighted by atomic mass is 9.88. The first kappa shape index (κ1) is 18.3. The molecule has 1 aromatic carbocycles. The molecule has 1 fully saturated rings. The Bertz CT molecular complexity index is 627. The minimum atomic E-state index is -1.27. The molecule has 2 amide bonds. The van der Waals surface area contributed by atoms with Gasteiger partial charge in [0.05, 0.1) is 10.7 Å². The molecule has 0 atom stereocenters. The fraction of sp³-hybridized carbons (Fsp3) is 0.471. The fourth-order valence-corrected chi connectivity index (χ4v) is 2.96. The van der Waals surface area contributed by atoms with Gasteiger partial charge in [-0.05, 0) is 37.5 Å². The summed E-state index contributed by atoms with van der Waals surface area (Å²) < 4.78 is 0. The second kappa shape index (κ2) is 8.68. The zero-order chi connectivity index (χ0) is 17.5. The topological polar surface area (TPSA) is 98.3 Å². The van der Waals surface area contributed by atoms with E-state index in [9.17, 15) is 19.5 Å². The van der Waals surface area contributed by atoms with Crippen LogP contribution < -0.4 is 15.7 Å². The number of aliphatic carboxylic acids is 1. The number of amides is 2. The predicted molar refractivity (Wildman–Crippen MR) is 89.5 cm³/mol. The third-order valence-electron chi connectivity index (χ3n) is 4.04. The van der Waals surface area contributed by atoms with Crippen molar-refractivity contribution in [1.29, 1.82) is 0 Å². The van der Waals surface area contributed by atoms with Crippen LogP contribution in [0, 0.1) is 5.92 Å². The lowest BCUT2D eigenvalue weighted by Crippen LogP contribution is -2.25. The maximum absolute atomic E-state index is 12.2. The van der Waals surface area contributed by atoms with E-state index >= 15 is 0 Å². The highest BCUT2D eigenvalue weighted by molar-refractivity contribution is 6.34. The number of halogens is 1. The lowest BCUT2D eigenvalue weighted by molar-refractivity contribution is -0.305. The van der Waals surface area contributed by atoms with E-state index in [1.165, 1.54) is 12.5 Å². The van der Waals surface area contributed by atoms with E-state index in [-0.39, 0.29) is 24.7 Å². The van der Waals surface area contributed by atoms with E-state index in [0.717, 1.165) is 25.7 Å². The Morgan fingerprint density at radius 3 is 2.42 bits per heavy atom. The zero-order valence-electron chi connectivity index (χ0n) is 13.3. The van der Waals surface area contributed by atoms with Gasteiger partial charge in [0.15, 0.2) is 0 Å². The minimum absolute atomic E-state index is 0.0256. The van der Waals surface area contributed by atoms with Gasteiger partial charge >= 0.3 is 0 Å². The third-order valence-corrected chi connectivity index (χ3v) is 4.36. The van der Waals surface area contributed by atoms with Crippen molar-refractivity contribution in [1.82, 2.24) is 0 Å². The Hall–Kier alpha value is -2.08. The van der Waals surface area contributed by atoms with Gasteiger partial charge in [-0.2, -0.15) is 0 Å². The molecular formula is C17H20ClN2O4-. The largest absolute Gasteiger partial charge is 0.550 e. The van der Waals surface area contributed by atoms with Crippen molar-refractivity contribution in [3.05, 3.63) is 23.2 Å². The number of carboxylic acid groups (broad SMARTS) is 1. The molecule has 0 saturated heterocycles. The first-order valence-corrected chi connectivity index (χ1v) is 8.43. The van der Waals surface area contributed by atoms with E-state index in [1.54, 1.807) is 12.1 Å². The van der Waals surface area contributed by atoms with Crippen LogP contribution in [0.3, 0.4) is 0 Å². The number of rotatable bonds is 6. The van der Waals surface area contributed by atoms with E-state index in [1.807, 2.05) is 0 Å². The Morgan fingerprint density at radius 1 is 1.08 bits per heavy atom. The number of hydrogen-bond donors (Lipinski definition) is 2. The van der Waals surface area contributed by atoms with Crippen LogP contribution in [-0.2, 0) is 14.4 Å². The molecule has 0 unspecified atom stereocenters. The molecule has 0 spiro atoms. The standard InChI is InChI=1S/C17H21ClN2O4/c18-13-10-12(19-15(21)8-9-16(22)23)6-7-14(13)20-17(24)11-4-2-1-3-5-11/h6-7,10-11H,1-5,8-9H2,(H,19,21)(H,20,24)(H,22,23)/p-1. The molecule has 2 rings (SSSR count). The van der Waals surface area contributed by atoms with E-state index in [0.29, 0.717) is 16.4 Å². The summed E-state index contributed by atoms with van der Waals surface area (Å²) in [5.41, 5.74) is 0.944. The molecule has 24 heavy (non-hydrogen) atoms. The highest BCUT2D eigenvalue weighted by Gasteiger charge is 2.21. The van der Waals surface area contributed by atoms with Crippen molar-refractivity contribution in [3.63, 3.8) is 0 Å². The molecule has 0 heterocycles. The number of hydrogen-bond acceptors (Lipinski definition) is 4. The summed E-state index contributed by atoms with van der Waals surface area (Å²) in [7, 11) is 0. The quantitative estimate of drug-likeness (QED) is 0.821. The van der Waals surface area contributed by atoms with Gasteiger partial charge in [0.25, 0.3) is 0 Å². The summed E-state index contributed by atoms with van der Waals surface area (Å²) in [5.74, 6) is -1.71. The molecule has 0 bridgehead atoms. The summed E-state index contributed by atoms with van der Waals surface area (Å²) in [6, 6.07) is 4.76. The number of nitrogens with one attached hydrogen (secondary N) is 2. The maximum atomic E-state index is 12.2. The summed E-state index contributed by atoms with van der Waals surface area (Å²) in [5, 5.41) is 16.0. The van der Waals surface area contributed by atoms with Crippen LogP contribution in [0.25, 0.3) is 0 Å². The molecule has 130 valence electrons. The number of benzene rings is 1. The summed E-state index contributed by atoms with van der Waals surface area (Å²) in [6.45, 7) is 0. The average Bonchev–Trinajstić information content (AvgIpc) is 2.56.